The van der Waals surface area contributed by atoms with Crippen LogP contribution in [0.3, 0.4) is 0 Å². The van der Waals surface area contributed by atoms with Gasteiger partial charge in [0.1, 0.15) is 5.82 Å². The van der Waals surface area contributed by atoms with E-state index in [0.29, 0.717) is 18.9 Å². The van der Waals surface area contributed by atoms with Crippen molar-refractivity contribution in [3.8, 4) is 0 Å². The fourth-order valence-corrected chi connectivity index (χ4v) is 5.88. The molecule has 1 heterocycles. The molecule has 2 amide bonds. The maximum Gasteiger partial charge on any atom is 0.230 e. The normalized spacial score (nSPS) is 18.2. The Morgan fingerprint density at radius 3 is 2.47 bits per heavy atom. The van der Waals surface area contributed by atoms with E-state index < -0.39 is 5.41 Å². The quantitative estimate of drug-likeness (QED) is 0.414. The summed E-state index contributed by atoms with van der Waals surface area (Å²) in [5.74, 6) is 0.425. The summed E-state index contributed by atoms with van der Waals surface area (Å²) in [6.45, 7) is 5.75. The summed E-state index contributed by atoms with van der Waals surface area (Å²) < 4.78 is 13.4. The van der Waals surface area contributed by atoms with Crippen molar-refractivity contribution in [1.29, 1.82) is 0 Å². The van der Waals surface area contributed by atoms with Gasteiger partial charge in [-0.2, -0.15) is 0 Å². The summed E-state index contributed by atoms with van der Waals surface area (Å²) in [5, 5.41) is 6.20. The molecule has 1 aliphatic carbocycles. The van der Waals surface area contributed by atoms with Gasteiger partial charge in [-0.3, -0.25) is 9.59 Å². The minimum Gasteiger partial charge on any atom is -0.355 e. The highest BCUT2D eigenvalue weighted by Gasteiger charge is 2.42. The van der Waals surface area contributed by atoms with Crippen molar-refractivity contribution in [1.82, 2.24) is 10.2 Å². The topological polar surface area (TPSA) is 61.4 Å². The van der Waals surface area contributed by atoms with Gasteiger partial charge in [-0.1, -0.05) is 44.0 Å². The van der Waals surface area contributed by atoms with Gasteiger partial charge in [0.2, 0.25) is 11.8 Å². The van der Waals surface area contributed by atoms with Gasteiger partial charge >= 0.3 is 0 Å². The summed E-state index contributed by atoms with van der Waals surface area (Å²) >= 11 is 0. The average Bonchev–Trinajstić information content (AvgIpc) is 3.39. The molecule has 0 bridgehead atoms. The second-order valence-corrected chi connectivity index (χ2v) is 10.4. The summed E-state index contributed by atoms with van der Waals surface area (Å²) in [6, 6.07) is 14.8. The monoisotopic (exact) mass is 493 g/mol. The number of benzene rings is 2. The molecule has 5 nitrogen and oxygen atoms in total. The van der Waals surface area contributed by atoms with Crippen LogP contribution in [-0.4, -0.2) is 42.9 Å². The second kappa shape index (κ2) is 12.5. The molecule has 0 unspecified atom stereocenters. The molecule has 0 radical (unpaired) electrons. The van der Waals surface area contributed by atoms with E-state index in [1.54, 1.807) is 12.1 Å². The average molecular weight is 494 g/mol. The van der Waals surface area contributed by atoms with E-state index in [0.717, 1.165) is 82.3 Å². The predicted molar refractivity (Wildman–Crippen MR) is 143 cm³/mol. The molecule has 2 aromatic rings. The van der Waals surface area contributed by atoms with Crippen molar-refractivity contribution >= 4 is 17.5 Å². The van der Waals surface area contributed by atoms with Crippen LogP contribution >= 0.6 is 0 Å². The molecule has 0 aromatic heterocycles. The van der Waals surface area contributed by atoms with E-state index >= 15 is 0 Å². The molecular weight excluding hydrogens is 453 g/mol. The standard InChI is InChI=1S/C30H40FN3O2/c1-2-7-28(35)33-27-9-5-8-24(22-27)23-14-20-34(21-15-23)19-6-18-32-29(36)30(16-3-4-17-30)25-10-12-26(31)13-11-25/h5,8-13,22-23H,2-4,6-7,14-21H2,1H3,(H,32,36)(H,33,35). The van der Waals surface area contributed by atoms with E-state index in [4.69, 9.17) is 0 Å². The number of anilines is 1. The van der Waals surface area contributed by atoms with Crippen LogP contribution in [0.2, 0.25) is 0 Å². The summed E-state index contributed by atoms with van der Waals surface area (Å²) in [6.07, 6.45) is 8.27. The van der Waals surface area contributed by atoms with E-state index in [9.17, 15) is 14.0 Å². The Morgan fingerprint density at radius 2 is 1.78 bits per heavy atom. The summed E-state index contributed by atoms with van der Waals surface area (Å²) in [4.78, 5) is 27.6. The Balaban J connectivity index is 1.21. The molecule has 2 aromatic carbocycles. The van der Waals surface area contributed by atoms with Crippen LogP contribution in [0, 0.1) is 5.82 Å². The Morgan fingerprint density at radius 1 is 1.06 bits per heavy atom. The molecular formula is C30H40FN3O2. The maximum atomic E-state index is 13.4. The number of carbonyl (C=O) groups is 2. The molecule has 6 heteroatoms. The molecule has 194 valence electrons. The van der Waals surface area contributed by atoms with Crippen LogP contribution in [0.25, 0.3) is 0 Å². The van der Waals surface area contributed by atoms with Crippen LogP contribution in [0.4, 0.5) is 10.1 Å². The van der Waals surface area contributed by atoms with Gasteiger partial charge in [0.15, 0.2) is 0 Å². The van der Waals surface area contributed by atoms with Gasteiger partial charge in [0.05, 0.1) is 5.41 Å². The number of piperidine rings is 1. The Bertz CT molecular complexity index is 1010. The lowest BCUT2D eigenvalue weighted by molar-refractivity contribution is -0.126. The van der Waals surface area contributed by atoms with Crippen molar-refractivity contribution in [3.05, 3.63) is 65.5 Å². The third-order valence-corrected chi connectivity index (χ3v) is 7.93. The van der Waals surface area contributed by atoms with Gasteiger partial charge in [-0.15, -0.1) is 0 Å². The molecule has 2 fully saturated rings. The first-order valence-electron chi connectivity index (χ1n) is 13.7. The number of likely N-dealkylation sites (tertiary alicyclic amines) is 1. The SMILES string of the molecule is CCCC(=O)Nc1cccc(C2CCN(CCCNC(=O)C3(c4ccc(F)cc4)CCCC3)CC2)c1. The fourth-order valence-electron chi connectivity index (χ4n) is 5.88. The number of halogens is 1. The van der Waals surface area contributed by atoms with Gasteiger partial charge in [-0.05, 0) is 99.5 Å². The first-order chi connectivity index (χ1) is 17.5. The zero-order valence-electron chi connectivity index (χ0n) is 21.5. The fraction of sp³-hybridized carbons (Fsp3) is 0.533. The number of hydrogen-bond acceptors (Lipinski definition) is 3. The summed E-state index contributed by atoms with van der Waals surface area (Å²) in [7, 11) is 0. The van der Waals surface area contributed by atoms with Crippen LogP contribution in [0.15, 0.2) is 48.5 Å². The van der Waals surface area contributed by atoms with Crippen molar-refractivity contribution < 1.29 is 14.0 Å². The smallest absolute Gasteiger partial charge is 0.230 e. The third-order valence-electron chi connectivity index (χ3n) is 7.93. The van der Waals surface area contributed by atoms with Gasteiger partial charge in [0.25, 0.3) is 0 Å². The molecule has 2 aliphatic rings. The molecule has 1 aliphatic heterocycles. The molecule has 4 rings (SSSR count). The molecule has 36 heavy (non-hydrogen) atoms. The van der Waals surface area contributed by atoms with E-state index in [2.05, 4.69) is 27.7 Å². The van der Waals surface area contributed by atoms with Crippen LogP contribution < -0.4 is 10.6 Å². The third kappa shape index (κ3) is 6.52. The highest BCUT2D eigenvalue weighted by Crippen LogP contribution is 2.41. The largest absolute Gasteiger partial charge is 0.355 e. The zero-order valence-corrected chi connectivity index (χ0v) is 21.5. The van der Waals surface area contributed by atoms with E-state index in [1.807, 2.05) is 19.1 Å². The first-order valence-corrected chi connectivity index (χ1v) is 13.7. The second-order valence-electron chi connectivity index (χ2n) is 10.4. The molecule has 0 spiro atoms. The van der Waals surface area contributed by atoms with Crippen molar-refractivity contribution in [2.45, 2.75) is 76.0 Å². The minimum atomic E-state index is -0.503. The van der Waals surface area contributed by atoms with Crippen molar-refractivity contribution in [3.63, 3.8) is 0 Å². The highest BCUT2D eigenvalue weighted by atomic mass is 19.1. The lowest BCUT2D eigenvalue weighted by atomic mass is 9.78. The van der Waals surface area contributed by atoms with E-state index in [-0.39, 0.29) is 17.6 Å². The number of amides is 2. The van der Waals surface area contributed by atoms with Crippen LogP contribution in [0.1, 0.15) is 81.8 Å². The highest BCUT2D eigenvalue weighted by molar-refractivity contribution is 5.90. The number of hydrogen-bond donors (Lipinski definition) is 2. The molecule has 1 saturated heterocycles. The molecule has 0 atom stereocenters. The Labute approximate surface area is 214 Å². The number of nitrogens with zero attached hydrogens (tertiary/aromatic N) is 1. The van der Waals surface area contributed by atoms with E-state index in [1.165, 1.54) is 17.7 Å². The Hall–Kier alpha value is -2.73. The molecule has 2 N–H and O–H groups in total. The Kier molecular flexibility index (Phi) is 9.13. The van der Waals surface area contributed by atoms with Crippen LogP contribution in [-0.2, 0) is 15.0 Å². The number of nitrogens with one attached hydrogen (secondary N) is 2. The van der Waals surface area contributed by atoms with Crippen molar-refractivity contribution in [2.75, 3.05) is 31.5 Å². The number of carbonyl (C=O) groups excluding carboxylic acids is 2. The van der Waals surface area contributed by atoms with Crippen LogP contribution in [0.5, 0.6) is 0 Å². The zero-order chi connectivity index (χ0) is 25.4. The van der Waals surface area contributed by atoms with Gasteiger partial charge in [-0.25, -0.2) is 4.39 Å². The first kappa shape index (κ1) is 26.3. The minimum absolute atomic E-state index is 0.0769. The lowest BCUT2D eigenvalue weighted by Crippen LogP contribution is -2.43. The predicted octanol–water partition coefficient (Wildman–Crippen LogP) is 5.76. The van der Waals surface area contributed by atoms with Gasteiger partial charge < -0.3 is 15.5 Å². The summed E-state index contributed by atoms with van der Waals surface area (Å²) in [5.41, 5.74) is 2.63. The maximum absolute atomic E-state index is 13.4. The molecule has 1 saturated carbocycles. The lowest BCUT2D eigenvalue weighted by Gasteiger charge is -2.32. The van der Waals surface area contributed by atoms with Crippen molar-refractivity contribution in [2.24, 2.45) is 0 Å². The van der Waals surface area contributed by atoms with Gasteiger partial charge in [0, 0.05) is 18.7 Å². The number of rotatable bonds is 10.